The monoisotopic (exact) mass is 263 g/mol. The van der Waals surface area contributed by atoms with Crippen molar-refractivity contribution in [3.63, 3.8) is 0 Å². The number of benzene rings is 1. The van der Waals surface area contributed by atoms with Crippen LogP contribution in [0.2, 0.25) is 0 Å². The average molecular weight is 263 g/mol. The number of hydrogen-bond acceptors (Lipinski definition) is 2. The van der Waals surface area contributed by atoms with E-state index in [0.29, 0.717) is 0 Å². The van der Waals surface area contributed by atoms with E-state index in [0.717, 1.165) is 18.4 Å². The fraction of sp³-hybridized carbons (Fsp3) is 0.647. The van der Waals surface area contributed by atoms with Gasteiger partial charge in [0, 0.05) is 0 Å². The van der Waals surface area contributed by atoms with Gasteiger partial charge < -0.3 is 10.8 Å². The molecule has 2 unspecified atom stereocenters. The number of aliphatic hydroxyl groups is 1. The van der Waals surface area contributed by atoms with Crippen LogP contribution in [0.15, 0.2) is 30.3 Å². The van der Waals surface area contributed by atoms with E-state index in [2.05, 4.69) is 6.92 Å². The molecule has 0 aromatic heterocycles. The number of aliphatic hydroxyl groups excluding tert-OH is 1. The van der Waals surface area contributed by atoms with Gasteiger partial charge in [-0.15, -0.1) is 0 Å². The second-order valence-electron chi connectivity index (χ2n) is 5.41. The van der Waals surface area contributed by atoms with E-state index < -0.39 is 6.10 Å². The molecule has 0 aliphatic rings. The van der Waals surface area contributed by atoms with Gasteiger partial charge in [-0.05, 0) is 12.0 Å². The summed E-state index contributed by atoms with van der Waals surface area (Å²) in [6, 6.07) is 9.63. The lowest BCUT2D eigenvalue weighted by Gasteiger charge is -2.19. The minimum atomic E-state index is -0.418. The van der Waals surface area contributed by atoms with Crippen molar-refractivity contribution in [1.82, 2.24) is 0 Å². The lowest BCUT2D eigenvalue weighted by Crippen LogP contribution is -2.26. The van der Waals surface area contributed by atoms with Crippen LogP contribution in [-0.4, -0.2) is 11.2 Å². The molecule has 2 atom stereocenters. The topological polar surface area (TPSA) is 46.2 Å². The Bertz CT molecular complexity index is 312. The Morgan fingerprint density at radius 1 is 0.947 bits per heavy atom. The van der Waals surface area contributed by atoms with Gasteiger partial charge in [0.25, 0.3) is 0 Å². The molecule has 0 fully saturated rings. The molecule has 19 heavy (non-hydrogen) atoms. The average Bonchev–Trinajstić information content (AvgIpc) is 2.46. The first-order valence-electron chi connectivity index (χ1n) is 7.74. The van der Waals surface area contributed by atoms with Crippen molar-refractivity contribution in [2.45, 2.75) is 70.4 Å². The zero-order chi connectivity index (χ0) is 13.9. The zero-order valence-electron chi connectivity index (χ0n) is 12.2. The lowest BCUT2D eigenvalue weighted by atomic mass is 9.97. The van der Waals surface area contributed by atoms with Crippen molar-refractivity contribution >= 4 is 0 Å². The Kier molecular flexibility index (Phi) is 8.52. The summed E-state index contributed by atoms with van der Waals surface area (Å²) >= 11 is 0. The summed E-state index contributed by atoms with van der Waals surface area (Å²) in [7, 11) is 0. The molecule has 1 rings (SSSR count). The quantitative estimate of drug-likeness (QED) is 0.622. The number of hydrogen-bond donors (Lipinski definition) is 2. The first kappa shape index (κ1) is 16.2. The second-order valence-corrected chi connectivity index (χ2v) is 5.41. The fourth-order valence-corrected chi connectivity index (χ4v) is 2.39. The van der Waals surface area contributed by atoms with Gasteiger partial charge in [0.05, 0.1) is 12.1 Å². The van der Waals surface area contributed by atoms with E-state index in [1.54, 1.807) is 0 Å². The Labute approximate surface area is 118 Å². The van der Waals surface area contributed by atoms with E-state index in [1.165, 1.54) is 38.5 Å². The Morgan fingerprint density at radius 2 is 1.53 bits per heavy atom. The van der Waals surface area contributed by atoms with Crippen molar-refractivity contribution < 1.29 is 5.11 Å². The van der Waals surface area contributed by atoms with Crippen molar-refractivity contribution in [3.05, 3.63) is 35.9 Å². The van der Waals surface area contributed by atoms with Gasteiger partial charge in [-0.1, -0.05) is 82.2 Å². The maximum absolute atomic E-state index is 10.1. The Balaban J connectivity index is 2.12. The number of rotatable bonds is 10. The SMILES string of the molecule is CCCCCCCCCC(O)C(N)c1ccccc1. The third kappa shape index (κ3) is 6.74. The summed E-state index contributed by atoms with van der Waals surface area (Å²) in [4.78, 5) is 0. The summed E-state index contributed by atoms with van der Waals surface area (Å²) in [5.41, 5.74) is 7.09. The molecule has 2 heteroatoms. The summed E-state index contributed by atoms with van der Waals surface area (Å²) in [6.45, 7) is 2.24. The molecule has 0 saturated heterocycles. The summed E-state index contributed by atoms with van der Waals surface area (Å²) in [5, 5.41) is 10.1. The molecule has 2 nitrogen and oxygen atoms in total. The lowest BCUT2D eigenvalue weighted by molar-refractivity contribution is 0.131. The van der Waals surface area contributed by atoms with Gasteiger partial charge in [0.15, 0.2) is 0 Å². The summed E-state index contributed by atoms with van der Waals surface area (Å²) < 4.78 is 0. The maximum atomic E-state index is 10.1. The summed E-state index contributed by atoms with van der Waals surface area (Å²) in [6.07, 6.45) is 9.29. The fourth-order valence-electron chi connectivity index (χ4n) is 2.39. The van der Waals surface area contributed by atoms with Crippen LogP contribution in [0.5, 0.6) is 0 Å². The highest BCUT2D eigenvalue weighted by Crippen LogP contribution is 2.18. The summed E-state index contributed by atoms with van der Waals surface area (Å²) in [5.74, 6) is 0. The van der Waals surface area contributed by atoms with Gasteiger partial charge in [0.2, 0.25) is 0 Å². The standard InChI is InChI=1S/C17H29NO/c1-2-3-4-5-6-7-11-14-16(19)17(18)15-12-9-8-10-13-15/h8-10,12-13,16-17,19H,2-7,11,14,18H2,1H3. The third-order valence-electron chi connectivity index (χ3n) is 3.70. The molecule has 0 bridgehead atoms. The largest absolute Gasteiger partial charge is 0.391 e. The van der Waals surface area contributed by atoms with Crippen molar-refractivity contribution in [2.24, 2.45) is 5.73 Å². The number of nitrogens with two attached hydrogens (primary N) is 1. The second kappa shape index (κ2) is 9.99. The molecule has 0 radical (unpaired) electrons. The maximum Gasteiger partial charge on any atom is 0.0732 e. The van der Waals surface area contributed by atoms with Crippen LogP contribution in [0, 0.1) is 0 Å². The normalized spacial score (nSPS) is 14.3. The van der Waals surface area contributed by atoms with Crippen LogP contribution in [0.1, 0.15) is 69.9 Å². The highest BCUT2D eigenvalue weighted by atomic mass is 16.3. The molecule has 1 aromatic carbocycles. The molecule has 108 valence electrons. The zero-order valence-corrected chi connectivity index (χ0v) is 12.2. The molecule has 0 aliphatic carbocycles. The van der Waals surface area contributed by atoms with Crippen LogP contribution in [-0.2, 0) is 0 Å². The first-order chi connectivity index (χ1) is 9.25. The molecule has 3 N–H and O–H groups in total. The van der Waals surface area contributed by atoms with E-state index in [9.17, 15) is 5.11 Å². The van der Waals surface area contributed by atoms with Crippen LogP contribution in [0.4, 0.5) is 0 Å². The van der Waals surface area contributed by atoms with Crippen molar-refractivity contribution in [1.29, 1.82) is 0 Å². The molecule has 1 aromatic rings. The minimum Gasteiger partial charge on any atom is -0.391 e. The molecular formula is C17H29NO. The molecule has 0 spiro atoms. The first-order valence-corrected chi connectivity index (χ1v) is 7.74. The highest BCUT2D eigenvalue weighted by Gasteiger charge is 2.15. The predicted octanol–water partition coefficient (Wildman–Crippen LogP) is 4.19. The van der Waals surface area contributed by atoms with Crippen molar-refractivity contribution in [3.8, 4) is 0 Å². The molecule has 0 aliphatic heterocycles. The Morgan fingerprint density at radius 3 is 2.16 bits per heavy atom. The predicted molar refractivity (Wildman–Crippen MR) is 82.0 cm³/mol. The van der Waals surface area contributed by atoms with Gasteiger partial charge in [-0.25, -0.2) is 0 Å². The minimum absolute atomic E-state index is 0.249. The molecule has 0 amide bonds. The third-order valence-corrected chi connectivity index (χ3v) is 3.70. The van der Waals surface area contributed by atoms with Crippen molar-refractivity contribution in [2.75, 3.05) is 0 Å². The van der Waals surface area contributed by atoms with Gasteiger partial charge in [0.1, 0.15) is 0 Å². The van der Waals surface area contributed by atoms with Gasteiger partial charge >= 0.3 is 0 Å². The molecular weight excluding hydrogens is 234 g/mol. The number of unbranched alkanes of at least 4 members (excludes halogenated alkanes) is 6. The van der Waals surface area contributed by atoms with E-state index in [1.807, 2.05) is 30.3 Å². The van der Waals surface area contributed by atoms with Crippen LogP contribution in [0.25, 0.3) is 0 Å². The van der Waals surface area contributed by atoms with E-state index in [4.69, 9.17) is 5.73 Å². The van der Waals surface area contributed by atoms with Crippen LogP contribution < -0.4 is 5.73 Å². The van der Waals surface area contributed by atoms with E-state index in [-0.39, 0.29) is 6.04 Å². The molecule has 0 heterocycles. The van der Waals surface area contributed by atoms with E-state index >= 15 is 0 Å². The Hall–Kier alpha value is -0.860. The van der Waals surface area contributed by atoms with Gasteiger partial charge in [-0.2, -0.15) is 0 Å². The van der Waals surface area contributed by atoms with Gasteiger partial charge in [-0.3, -0.25) is 0 Å². The van der Waals surface area contributed by atoms with Crippen LogP contribution >= 0.6 is 0 Å². The molecule has 0 saturated carbocycles. The van der Waals surface area contributed by atoms with Crippen LogP contribution in [0.3, 0.4) is 0 Å². The highest BCUT2D eigenvalue weighted by molar-refractivity contribution is 5.19. The smallest absolute Gasteiger partial charge is 0.0732 e.